The van der Waals surface area contributed by atoms with Crippen molar-refractivity contribution in [3.05, 3.63) is 29.8 Å². The highest BCUT2D eigenvalue weighted by atomic mass is 32.2. The van der Waals surface area contributed by atoms with Crippen LogP contribution in [-0.2, 0) is 9.84 Å². The summed E-state index contributed by atoms with van der Waals surface area (Å²) in [7, 11) is -3.13. The Balaban J connectivity index is 3.01. The Morgan fingerprint density at radius 3 is 2.14 bits per heavy atom. The van der Waals surface area contributed by atoms with Crippen molar-refractivity contribution in [2.75, 3.05) is 6.26 Å². The van der Waals surface area contributed by atoms with E-state index in [1.54, 1.807) is 12.1 Å². The summed E-state index contributed by atoms with van der Waals surface area (Å²) >= 11 is 0. The number of benzene rings is 1. The van der Waals surface area contributed by atoms with Gasteiger partial charge in [0.25, 0.3) is 0 Å². The van der Waals surface area contributed by atoms with E-state index in [1.807, 2.05) is 6.92 Å². The quantitative estimate of drug-likeness (QED) is 0.830. The van der Waals surface area contributed by atoms with Gasteiger partial charge in [-0.1, -0.05) is 19.1 Å². The Morgan fingerprint density at radius 2 is 1.79 bits per heavy atom. The molecule has 0 bridgehead atoms. The number of sulfone groups is 1. The van der Waals surface area contributed by atoms with Gasteiger partial charge in [0.1, 0.15) is 0 Å². The summed E-state index contributed by atoms with van der Waals surface area (Å²) in [5.41, 5.74) is 0.750. The van der Waals surface area contributed by atoms with Crippen LogP contribution in [-0.4, -0.2) is 19.8 Å². The highest BCUT2D eigenvalue weighted by Gasteiger charge is 2.08. The Kier molecular flexibility index (Phi) is 3.29. The largest absolute Gasteiger partial charge is 0.388 e. The third kappa shape index (κ3) is 2.56. The average Bonchev–Trinajstić information content (AvgIpc) is 2.15. The van der Waals surface area contributed by atoms with E-state index in [0.717, 1.165) is 11.8 Å². The SMILES string of the molecule is CC[C@H](O)c1ccc(S(C)(=O)=O)cc1. The second-order valence-corrected chi connectivity index (χ2v) is 5.28. The van der Waals surface area contributed by atoms with Crippen molar-refractivity contribution in [1.82, 2.24) is 0 Å². The molecule has 0 saturated carbocycles. The van der Waals surface area contributed by atoms with Crippen molar-refractivity contribution in [2.45, 2.75) is 24.3 Å². The van der Waals surface area contributed by atoms with E-state index in [2.05, 4.69) is 0 Å². The molecule has 0 fully saturated rings. The zero-order valence-corrected chi connectivity index (χ0v) is 9.08. The van der Waals surface area contributed by atoms with Crippen LogP contribution in [0.4, 0.5) is 0 Å². The normalized spacial score (nSPS) is 13.9. The smallest absolute Gasteiger partial charge is 0.175 e. The van der Waals surface area contributed by atoms with Crippen LogP contribution >= 0.6 is 0 Å². The van der Waals surface area contributed by atoms with E-state index in [4.69, 9.17) is 0 Å². The molecular weight excluding hydrogens is 200 g/mol. The van der Waals surface area contributed by atoms with Crippen molar-refractivity contribution in [3.63, 3.8) is 0 Å². The van der Waals surface area contributed by atoms with Gasteiger partial charge >= 0.3 is 0 Å². The lowest BCUT2D eigenvalue weighted by Crippen LogP contribution is -1.99. The number of aliphatic hydroxyl groups is 1. The summed E-state index contributed by atoms with van der Waals surface area (Å²) in [6, 6.07) is 6.32. The first-order valence-corrected chi connectivity index (χ1v) is 6.32. The molecule has 0 unspecified atom stereocenters. The fraction of sp³-hybridized carbons (Fsp3) is 0.400. The summed E-state index contributed by atoms with van der Waals surface area (Å²) in [5, 5.41) is 9.47. The van der Waals surface area contributed by atoms with Gasteiger partial charge in [-0.15, -0.1) is 0 Å². The molecule has 78 valence electrons. The second-order valence-electron chi connectivity index (χ2n) is 3.27. The molecule has 0 aliphatic rings. The summed E-state index contributed by atoms with van der Waals surface area (Å²) in [6.45, 7) is 1.87. The van der Waals surface area contributed by atoms with E-state index in [9.17, 15) is 13.5 Å². The third-order valence-corrected chi connectivity index (χ3v) is 3.21. The highest BCUT2D eigenvalue weighted by Crippen LogP contribution is 2.18. The molecule has 0 saturated heterocycles. The molecule has 1 N–H and O–H groups in total. The Labute approximate surface area is 84.3 Å². The minimum atomic E-state index is -3.13. The van der Waals surface area contributed by atoms with Crippen molar-refractivity contribution in [2.24, 2.45) is 0 Å². The van der Waals surface area contributed by atoms with E-state index in [0.29, 0.717) is 6.42 Å². The van der Waals surface area contributed by atoms with Gasteiger partial charge in [-0.2, -0.15) is 0 Å². The highest BCUT2D eigenvalue weighted by molar-refractivity contribution is 7.90. The topological polar surface area (TPSA) is 54.4 Å². The lowest BCUT2D eigenvalue weighted by atomic mass is 10.1. The second kappa shape index (κ2) is 4.11. The van der Waals surface area contributed by atoms with Crippen LogP contribution in [0.15, 0.2) is 29.2 Å². The first-order chi connectivity index (χ1) is 6.45. The fourth-order valence-corrected chi connectivity index (χ4v) is 1.80. The zero-order valence-electron chi connectivity index (χ0n) is 8.27. The molecule has 1 atom stereocenters. The summed E-state index contributed by atoms with van der Waals surface area (Å²) in [5.74, 6) is 0. The first kappa shape index (κ1) is 11.2. The Morgan fingerprint density at radius 1 is 1.29 bits per heavy atom. The molecule has 0 amide bonds. The van der Waals surface area contributed by atoms with Crippen LogP contribution in [0.1, 0.15) is 25.0 Å². The van der Waals surface area contributed by atoms with Gasteiger partial charge in [0.05, 0.1) is 11.0 Å². The molecular formula is C10H14O3S. The Hall–Kier alpha value is -0.870. The van der Waals surface area contributed by atoms with E-state index in [-0.39, 0.29) is 4.90 Å². The number of hydrogen-bond acceptors (Lipinski definition) is 3. The van der Waals surface area contributed by atoms with Crippen LogP contribution in [0, 0.1) is 0 Å². The molecule has 1 aromatic carbocycles. The number of rotatable bonds is 3. The first-order valence-electron chi connectivity index (χ1n) is 4.43. The van der Waals surface area contributed by atoms with Gasteiger partial charge in [0, 0.05) is 6.26 Å². The van der Waals surface area contributed by atoms with Crippen molar-refractivity contribution < 1.29 is 13.5 Å². The van der Waals surface area contributed by atoms with E-state index in [1.165, 1.54) is 12.1 Å². The maximum atomic E-state index is 11.1. The summed E-state index contributed by atoms with van der Waals surface area (Å²) < 4.78 is 22.2. The molecule has 1 aromatic rings. The molecule has 0 spiro atoms. The minimum Gasteiger partial charge on any atom is -0.388 e. The molecule has 0 aromatic heterocycles. The van der Waals surface area contributed by atoms with Crippen LogP contribution in [0.3, 0.4) is 0 Å². The minimum absolute atomic E-state index is 0.282. The molecule has 0 aliphatic heterocycles. The Bertz CT molecular complexity index is 392. The van der Waals surface area contributed by atoms with Gasteiger partial charge in [0.15, 0.2) is 9.84 Å². The van der Waals surface area contributed by atoms with E-state index >= 15 is 0 Å². The van der Waals surface area contributed by atoms with Gasteiger partial charge < -0.3 is 5.11 Å². The molecule has 4 heteroatoms. The maximum absolute atomic E-state index is 11.1. The standard InChI is InChI=1S/C10H14O3S/c1-3-10(11)8-4-6-9(7-5-8)14(2,12)13/h4-7,10-11H,3H2,1-2H3/t10-/m0/s1. The predicted octanol–water partition coefficient (Wildman–Crippen LogP) is 1.53. The molecule has 0 aliphatic carbocycles. The average molecular weight is 214 g/mol. The van der Waals surface area contributed by atoms with E-state index < -0.39 is 15.9 Å². The van der Waals surface area contributed by atoms with Gasteiger partial charge in [-0.25, -0.2) is 8.42 Å². The third-order valence-electron chi connectivity index (χ3n) is 2.08. The van der Waals surface area contributed by atoms with Gasteiger partial charge in [-0.05, 0) is 24.1 Å². The predicted molar refractivity (Wildman–Crippen MR) is 54.8 cm³/mol. The summed E-state index contributed by atoms with van der Waals surface area (Å²) in [6.07, 6.45) is 1.28. The molecule has 3 nitrogen and oxygen atoms in total. The van der Waals surface area contributed by atoms with Crippen LogP contribution in [0.2, 0.25) is 0 Å². The summed E-state index contributed by atoms with van der Waals surface area (Å²) in [4.78, 5) is 0.282. The maximum Gasteiger partial charge on any atom is 0.175 e. The molecule has 0 heterocycles. The zero-order chi connectivity index (χ0) is 10.8. The van der Waals surface area contributed by atoms with Crippen LogP contribution in [0.25, 0.3) is 0 Å². The molecule has 1 rings (SSSR count). The van der Waals surface area contributed by atoms with Crippen LogP contribution in [0.5, 0.6) is 0 Å². The lowest BCUT2D eigenvalue weighted by Gasteiger charge is -2.07. The monoisotopic (exact) mass is 214 g/mol. The fourth-order valence-electron chi connectivity index (χ4n) is 1.17. The van der Waals surface area contributed by atoms with Gasteiger partial charge in [0.2, 0.25) is 0 Å². The van der Waals surface area contributed by atoms with Crippen molar-refractivity contribution in [3.8, 4) is 0 Å². The van der Waals surface area contributed by atoms with Crippen molar-refractivity contribution >= 4 is 9.84 Å². The molecule has 0 radical (unpaired) electrons. The molecule has 14 heavy (non-hydrogen) atoms. The van der Waals surface area contributed by atoms with Crippen molar-refractivity contribution in [1.29, 1.82) is 0 Å². The number of hydrogen-bond donors (Lipinski definition) is 1. The lowest BCUT2D eigenvalue weighted by molar-refractivity contribution is 0.173. The van der Waals surface area contributed by atoms with Crippen LogP contribution < -0.4 is 0 Å². The number of aliphatic hydroxyl groups excluding tert-OH is 1. The van der Waals surface area contributed by atoms with Gasteiger partial charge in [-0.3, -0.25) is 0 Å².